The van der Waals surface area contributed by atoms with E-state index in [9.17, 15) is 19.6 Å². The number of hydrogen-bond acceptors (Lipinski definition) is 8. The van der Waals surface area contributed by atoms with Crippen molar-refractivity contribution < 1.29 is 14.4 Å². The molecule has 1 fully saturated rings. The van der Waals surface area contributed by atoms with E-state index < -0.39 is 17.2 Å². The Morgan fingerprint density at radius 3 is 2.24 bits per heavy atom. The topological polar surface area (TPSA) is 179 Å². The van der Waals surface area contributed by atoms with Gasteiger partial charge in [0.15, 0.2) is 12.5 Å². The Hall–Kier alpha value is -4.43. The normalized spacial score (nSPS) is 19.5. The first-order chi connectivity index (χ1) is 19.8. The number of nitrogens with one attached hydrogen (secondary N) is 1. The Morgan fingerprint density at radius 1 is 1.10 bits per heavy atom. The minimum atomic E-state index is -0.882. The Balaban J connectivity index is 1.60. The summed E-state index contributed by atoms with van der Waals surface area (Å²) in [5.41, 5.74) is 14.9. The zero-order valence-electron chi connectivity index (χ0n) is 23.1. The van der Waals surface area contributed by atoms with Gasteiger partial charge in [-0.25, -0.2) is 4.99 Å². The van der Waals surface area contributed by atoms with Crippen LogP contribution in [-0.4, -0.2) is 60.3 Å². The number of nitrogens with zero attached hydrogens (tertiary/aromatic N) is 5. The van der Waals surface area contributed by atoms with Gasteiger partial charge < -0.3 is 21.7 Å². The van der Waals surface area contributed by atoms with Crippen LogP contribution in [-0.2, 0) is 23.1 Å². The number of nitriles is 1. The van der Waals surface area contributed by atoms with Gasteiger partial charge in [0.2, 0.25) is 17.7 Å². The molecule has 3 aliphatic rings. The lowest BCUT2D eigenvalue weighted by atomic mass is 9.67. The maximum atomic E-state index is 13.1. The summed E-state index contributed by atoms with van der Waals surface area (Å²) in [6.07, 6.45) is 3.91. The van der Waals surface area contributed by atoms with Crippen LogP contribution >= 0.6 is 0 Å². The maximum absolute atomic E-state index is 13.1. The highest BCUT2D eigenvalue weighted by molar-refractivity contribution is 6.00. The predicted molar refractivity (Wildman–Crippen MR) is 152 cm³/mol. The number of hydrogen-bond donors (Lipinski definition) is 3. The second kappa shape index (κ2) is 11.6. The van der Waals surface area contributed by atoms with Crippen molar-refractivity contribution in [1.82, 2.24) is 10.2 Å². The van der Waals surface area contributed by atoms with E-state index >= 15 is 0 Å². The van der Waals surface area contributed by atoms with Gasteiger partial charge in [-0.15, -0.1) is 5.11 Å². The van der Waals surface area contributed by atoms with Crippen molar-refractivity contribution in [3.8, 4) is 6.07 Å². The van der Waals surface area contributed by atoms with Gasteiger partial charge in [0.1, 0.15) is 6.04 Å². The molecule has 0 radical (unpaired) electrons. The fourth-order valence-corrected chi connectivity index (χ4v) is 6.42. The van der Waals surface area contributed by atoms with Gasteiger partial charge in [0, 0.05) is 23.7 Å². The number of benzene rings is 2. The number of fused-ring (bicyclic) bond motifs is 2. The van der Waals surface area contributed by atoms with E-state index in [0.717, 1.165) is 28.7 Å². The Bertz CT molecular complexity index is 1430. The van der Waals surface area contributed by atoms with Crippen molar-refractivity contribution in [3.63, 3.8) is 0 Å². The van der Waals surface area contributed by atoms with Crippen molar-refractivity contribution >= 4 is 23.6 Å². The first-order valence-electron chi connectivity index (χ1n) is 14.0. The first-order valence-corrected chi connectivity index (χ1v) is 14.0. The van der Waals surface area contributed by atoms with Crippen LogP contribution < -0.4 is 16.8 Å². The van der Waals surface area contributed by atoms with Crippen LogP contribution in [0.3, 0.4) is 0 Å². The molecule has 1 aliphatic carbocycles. The van der Waals surface area contributed by atoms with Gasteiger partial charge >= 0.3 is 0 Å². The minimum absolute atomic E-state index is 0.0988. The van der Waals surface area contributed by atoms with Gasteiger partial charge in [0.05, 0.1) is 18.0 Å². The zero-order chi connectivity index (χ0) is 29.1. The molecule has 11 nitrogen and oxygen atoms in total. The van der Waals surface area contributed by atoms with E-state index in [1.54, 1.807) is 17.0 Å². The summed E-state index contributed by atoms with van der Waals surface area (Å²) in [5.74, 6) is -0.592. The molecule has 5 rings (SSSR count). The third kappa shape index (κ3) is 5.23. The number of nitrogens with two attached hydrogens (primary N) is 2. The summed E-state index contributed by atoms with van der Waals surface area (Å²) in [7, 11) is 0. The Labute approximate surface area is 238 Å². The lowest BCUT2D eigenvalue weighted by Gasteiger charge is -2.38. The summed E-state index contributed by atoms with van der Waals surface area (Å²) in [6.45, 7) is 2.93. The van der Waals surface area contributed by atoms with Crippen LogP contribution in [0.1, 0.15) is 75.6 Å². The van der Waals surface area contributed by atoms with Crippen molar-refractivity contribution in [2.24, 2.45) is 26.7 Å². The third-order valence-corrected chi connectivity index (χ3v) is 8.50. The molecule has 41 heavy (non-hydrogen) atoms. The molecule has 2 aliphatic heterocycles. The molecular weight excluding hydrogens is 520 g/mol. The summed E-state index contributed by atoms with van der Waals surface area (Å²) in [6, 6.07) is 12.6. The summed E-state index contributed by atoms with van der Waals surface area (Å²) in [5, 5.41) is 21.6. The number of aliphatic imine (C=N–C) groups is 1. The summed E-state index contributed by atoms with van der Waals surface area (Å²) < 4.78 is 0. The number of aryl methyl sites for hydroxylation is 2. The lowest BCUT2D eigenvalue weighted by molar-refractivity contribution is -0.130. The van der Waals surface area contributed by atoms with Crippen LogP contribution in [0.25, 0.3) is 0 Å². The van der Waals surface area contributed by atoms with E-state index in [1.807, 2.05) is 31.2 Å². The predicted octanol–water partition coefficient (Wildman–Crippen LogP) is 2.36. The molecule has 0 spiro atoms. The molecule has 11 heteroatoms. The van der Waals surface area contributed by atoms with Crippen LogP contribution in [0.5, 0.6) is 0 Å². The highest BCUT2D eigenvalue weighted by Crippen LogP contribution is 2.46. The molecule has 0 aromatic heterocycles. The molecule has 2 atom stereocenters. The van der Waals surface area contributed by atoms with E-state index in [2.05, 4.69) is 21.6 Å². The number of azo groups is 1. The number of amides is 3. The fraction of sp³-hybridized carbons (Fsp3) is 0.433. The van der Waals surface area contributed by atoms with Crippen molar-refractivity contribution in [2.75, 3.05) is 19.8 Å². The number of amidine groups is 1. The molecular formula is C30H34N8O3. The number of carbonyl (C=O) groups is 3. The minimum Gasteiger partial charge on any atom is -0.366 e. The quantitative estimate of drug-likeness (QED) is 0.430. The molecule has 212 valence electrons. The van der Waals surface area contributed by atoms with E-state index in [0.29, 0.717) is 55.6 Å². The van der Waals surface area contributed by atoms with Crippen LogP contribution in [0.15, 0.2) is 51.6 Å². The number of carbonyl (C=O) groups excluding carboxylic acids is 3. The van der Waals surface area contributed by atoms with Gasteiger partial charge in [-0.1, -0.05) is 19.1 Å². The molecule has 1 saturated heterocycles. The van der Waals surface area contributed by atoms with E-state index in [1.165, 1.54) is 0 Å². The first kappa shape index (κ1) is 28.1. The van der Waals surface area contributed by atoms with Crippen molar-refractivity contribution in [1.29, 1.82) is 5.26 Å². The van der Waals surface area contributed by atoms with E-state index in [-0.39, 0.29) is 31.2 Å². The molecule has 2 aromatic carbocycles. The molecule has 2 aromatic rings. The van der Waals surface area contributed by atoms with Crippen LogP contribution in [0.2, 0.25) is 0 Å². The average molecular weight is 555 g/mol. The average Bonchev–Trinajstić information content (AvgIpc) is 3.67. The number of rotatable bonds is 9. The fourth-order valence-electron chi connectivity index (χ4n) is 6.42. The largest absolute Gasteiger partial charge is 0.366 e. The second-order valence-electron chi connectivity index (χ2n) is 10.8. The lowest BCUT2D eigenvalue weighted by Crippen LogP contribution is -2.47. The Morgan fingerprint density at radius 2 is 1.73 bits per heavy atom. The SMILES string of the molecule is CC[C@@H](CC1(C2=NCN=N2)c2ccc(C(N)=O)cc2CCc2cc(C(N)=O)ccc21)NCC(=O)N1CCC[C@H]1C#N. The van der Waals surface area contributed by atoms with Gasteiger partial charge in [-0.2, -0.15) is 10.4 Å². The molecule has 3 amide bonds. The standard InChI is InChI=1S/C30H34N8O3/c1-2-22(34-16-26(39)38-11-3-4-23(38)15-31)14-30(29-35-17-36-37-29)24-9-7-20(27(32)40)12-18(24)5-6-19-13-21(28(33)41)8-10-25(19)30/h7-10,12-13,22-23,34H,2-6,11,14,16-17H2,1H3,(H2,32,40)(H2,33,41)/t22-,23-/m0/s1. The molecule has 0 unspecified atom stereocenters. The molecule has 5 N–H and O–H groups in total. The molecule has 0 bridgehead atoms. The Kier molecular flexibility index (Phi) is 7.94. The molecule has 0 saturated carbocycles. The van der Waals surface area contributed by atoms with E-state index in [4.69, 9.17) is 16.5 Å². The summed E-state index contributed by atoms with van der Waals surface area (Å²) >= 11 is 0. The van der Waals surface area contributed by atoms with Crippen LogP contribution in [0, 0.1) is 11.3 Å². The smallest absolute Gasteiger partial charge is 0.248 e. The monoisotopic (exact) mass is 554 g/mol. The van der Waals surface area contributed by atoms with Gasteiger partial charge in [-0.3, -0.25) is 14.4 Å². The zero-order valence-corrected chi connectivity index (χ0v) is 23.1. The molecule has 2 heterocycles. The summed E-state index contributed by atoms with van der Waals surface area (Å²) in [4.78, 5) is 43.7. The van der Waals surface area contributed by atoms with Crippen molar-refractivity contribution in [2.45, 2.75) is 62.9 Å². The van der Waals surface area contributed by atoms with Crippen molar-refractivity contribution in [3.05, 3.63) is 69.8 Å². The highest BCUT2D eigenvalue weighted by atomic mass is 16.2. The maximum Gasteiger partial charge on any atom is 0.248 e. The second-order valence-corrected chi connectivity index (χ2v) is 10.8. The van der Waals surface area contributed by atoms with Gasteiger partial charge in [0.25, 0.3) is 0 Å². The van der Waals surface area contributed by atoms with Gasteiger partial charge in [-0.05, 0) is 85.0 Å². The highest BCUT2D eigenvalue weighted by Gasteiger charge is 2.46. The third-order valence-electron chi connectivity index (χ3n) is 8.50. The number of primary amides is 2. The number of likely N-dealkylation sites (tertiary alicyclic amines) is 1. The van der Waals surface area contributed by atoms with Crippen LogP contribution in [0.4, 0.5) is 0 Å².